The summed E-state index contributed by atoms with van der Waals surface area (Å²) in [4.78, 5) is 10.6. The third kappa shape index (κ3) is 3.21. The second-order valence-corrected chi connectivity index (χ2v) is 5.16. The van der Waals surface area contributed by atoms with Gasteiger partial charge in [-0.05, 0) is 31.1 Å². The van der Waals surface area contributed by atoms with E-state index < -0.39 is 0 Å². The van der Waals surface area contributed by atoms with Gasteiger partial charge in [0.1, 0.15) is 0 Å². The molecule has 2 aliphatic rings. The molecule has 0 amide bonds. The molecule has 2 aliphatic carbocycles. The van der Waals surface area contributed by atoms with Gasteiger partial charge in [-0.25, -0.2) is 0 Å². The number of ether oxygens (including phenoxy) is 2. The summed E-state index contributed by atoms with van der Waals surface area (Å²) in [6.45, 7) is 1.55. The van der Waals surface area contributed by atoms with Gasteiger partial charge in [0.25, 0.3) is 0 Å². The number of fused-ring (bicyclic) bond motifs is 1. The zero-order chi connectivity index (χ0) is 11.4. The Labute approximate surface area is 97.5 Å². The van der Waals surface area contributed by atoms with Crippen molar-refractivity contribution in [1.82, 2.24) is 0 Å². The first-order valence-corrected chi connectivity index (χ1v) is 6.50. The maximum atomic E-state index is 10.6. The van der Waals surface area contributed by atoms with Crippen molar-refractivity contribution in [2.24, 2.45) is 11.8 Å². The Bertz CT molecular complexity index is 239. The van der Waals surface area contributed by atoms with Gasteiger partial charge in [0.05, 0.1) is 6.10 Å². The van der Waals surface area contributed by atoms with Gasteiger partial charge < -0.3 is 9.47 Å². The Hall–Kier alpha value is -0.570. The first-order chi connectivity index (χ1) is 7.75. The molecule has 16 heavy (non-hydrogen) atoms. The minimum Gasteiger partial charge on any atom is -0.439 e. The first kappa shape index (κ1) is 11.9. The third-order valence-corrected chi connectivity index (χ3v) is 4.06. The topological polar surface area (TPSA) is 35.5 Å². The molecule has 0 spiro atoms. The van der Waals surface area contributed by atoms with Gasteiger partial charge in [0.2, 0.25) is 0 Å². The van der Waals surface area contributed by atoms with Crippen LogP contribution in [-0.4, -0.2) is 18.9 Å². The number of carbonyl (C=O) groups excluding carboxylic acids is 1. The van der Waals surface area contributed by atoms with E-state index in [-0.39, 0.29) is 12.8 Å². The molecule has 0 saturated heterocycles. The number of hydrogen-bond donors (Lipinski definition) is 0. The lowest BCUT2D eigenvalue weighted by Gasteiger charge is -2.38. The lowest BCUT2D eigenvalue weighted by atomic mass is 9.70. The summed E-state index contributed by atoms with van der Waals surface area (Å²) in [6, 6.07) is 0. The predicted molar refractivity (Wildman–Crippen MR) is 60.8 cm³/mol. The van der Waals surface area contributed by atoms with Crippen LogP contribution in [0.25, 0.3) is 0 Å². The Balaban J connectivity index is 1.70. The Morgan fingerprint density at radius 2 is 1.88 bits per heavy atom. The summed E-state index contributed by atoms with van der Waals surface area (Å²) >= 11 is 0. The van der Waals surface area contributed by atoms with Crippen molar-refractivity contribution in [1.29, 1.82) is 0 Å². The number of hydrogen-bond acceptors (Lipinski definition) is 3. The van der Waals surface area contributed by atoms with E-state index in [9.17, 15) is 4.79 Å². The summed E-state index contributed by atoms with van der Waals surface area (Å²) in [6.07, 6.45) is 9.53. The summed E-state index contributed by atoms with van der Waals surface area (Å²) in [5.74, 6) is 1.55. The zero-order valence-electron chi connectivity index (χ0n) is 10.1. The molecule has 0 N–H and O–H groups in total. The normalized spacial score (nSPS) is 34.2. The fraction of sp³-hybridized carbons (Fsp3) is 0.923. The largest absolute Gasteiger partial charge is 0.439 e. The van der Waals surface area contributed by atoms with E-state index in [2.05, 4.69) is 0 Å². The fourth-order valence-electron chi connectivity index (χ4n) is 3.19. The van der Waals surface area contributed by atoms with Crippen LogP contribution in [0.4, 0.5) is 0 Å². The summed E-state index contributed by atoms with van der Waals surface area (Å²) in [7, 11) is 0. The van der Waals surface area contributed by atoms with Gasteiger partial charge in [0.15, 0.2) is 6.79 Å². The quantitative estimate of drug-likeness (QED) is 0.548. The second kappa shape index (κ2) is 5.67. The zero-order valence-corrected chi connectivity index (χ0v) is 10.1. The van der Waals surface area contributed by atoms with E-state index in [4.69, 9.17) is 9.47 Å². The van der Waals surface area contributed by atoms with Crippen molar-refractivity contribution >= 4 is 5.97 Å². The maximum absolute atomic E-state index is 10.6. The lowest BCUT2D eigenvalue weighted by molar-refractivity contribution is -0.161. The summed E-state index contributed by atoms with van der Waals surface area (Å²) in [5, 5.41) is 0. The van der Waals surface area contributed by atoms with E-state index in [1.165, 1.54) is 45.4 Å². The van der Waals surface area contributed by atoms with Crippen molar-refractivity contribution in [3.05, 3.63) is 0 Å². The number of rotatable bonds is 3. The van der Waals surface area contributed by atoms with Gasteiger partial charge in [-0.3, -0.25) is 4.79 Å². The van der Waals surface area contributed by atoms with Crippen molar-refractivity contribution in [3.63, 3.8) is 0 Å². The van der Waals surface area contributed by atoms with E-state index in [1.54, 1.807) is 0 Å². The third-order valence-electron chi connectivity index (χ3n) is 4.06. The molecule has 2 fully saturated rings. The molecule has 0 aromatic rings. The standard InChI is InChI=1S/C13H22O3/c1-10(14)15-9-16-13-7-6-11-4-2-3-5-12(11)8-13/h11-13H,2-9H2,1H3. The minimum absolute atomic E-state index is 0.136. The van der Waals surface area contributed by atoms with Crippen molar-refractivity contribution in [2.45, 2.75) is 58.0 Å². The molecule has 0 aromatic heterocycles. The van der Waals surface area contributed by atoms with E-state index >= 15 is 0 Å². The van der Waals surface area contributed by atoms with Crippen LogP contribution in [0.5, 0.6) is 0 Å². The molecule has 3 atom stereocenters. The molecule has 0 heterocycles. The van der Waals surface area contributed by atoms with Crippen molar-refractivity contribution in [2.75, 3.05) is 6.79 Å². The minimum atomic E-state index is -0.258. The van der Waals surface area contributed by atoms with Crippen LogP contribution in [0.2, 0.25) is 0 Å². The van der Waals surface area contributed by atoms with E-state index in [0.29, 0.717) is 6.10 Å². The van der Waals surface area contributed by atoms with E-state index in [0.717, 1.165) is 18.3 Å². The molecular weight excluding hydrogens is 204 g/mol. The lowest BCUT2D eigenvalue weighted by Crippen LogP contribution is -2.32. The van der Waals surface area contributed by atoms with Crippen LogP contribution >= 0.6 is 0 Å². The van der Waals surface area contributed by atoms with Gasteiger partial charge in [0, 0.05) is 6.92 Å². The van der Waals surface area contributed by atoms with Gasteiger partial charge in [-0.15, -0.1) is 0 Å². The van der Waals surface area contributed by atoms with Gasteiger partial charge in [-0.1, -0.05) is 25.7 Å². The molecule has 0 radical (unpaired) electrons. The molecule has 2 saturated carbocycles. The summed E-state index contributed by atoms with van der Waals surface area (Å²) in [5.41, 5.74) is 0. The molecule has 0 bridgehead atoms. The van der Waals surface area contributed by atoms with Crippen LogP contribution in [0.3, 0.4) is 0 Å². The molecule has 3 nitrogen and oxygen atoms in total. The van der Waals surface area contributed by atoms with Crippen LogP contribution in [0.1, 0.15) is 51.9 Å². The molecule has 0 aliphatic heterocycles. The Morgan fingerprint density at radius 1 is 1.12 bits per heavy atom. The SMILES string of the molecule is CC(=O)OCOC1CCC2CCCCC2C1. The van der Waals surface area contributed by atoms with Crippen LogP contribution in [0, 0.1) is 11.8 Å². The fourth-order valence-corrected chi connectivity index (χ4v) is 3.19. The molecule has 0 aromatic carbocycles. The highest BCUT2D eigenvalue weighted by Gasteiger charge is 2.32. The molecular formula is C13H22O3. The summed E-state index contributed by atoms with van der Waals surface area (Å²) < 4.78 is 10.4. The molecule has 92 valence electrons. The second-order valence-electron chi connectivity index (χ2n) is 5.16. The highest BCUT2D eigenvalue weighted by Crippen LogP contribution is 2.41. The first-order valence-electron chi connectivity index (χ1n) is 6.50. The van der Waals surface area contributed by atoms with Gasteiger partial charge >= 0.3 is 5.97 Å². The Kier molecular flexibility index (Phi) is 4.22. The Morgan fingerprint density at radius 3 is 2.62 bits per heavy atom. The number of esters is 1. The number of carbonyl (C=O) groups is 1. The molecule has 3 unspecified atom stereocenters. The highest BCUT2D eigenvalue weighted by atomic mass is 16.7. The van der Waals surface area contributed by atoms with Crippen LogP contribution in [-0.2, 0) is 14.3 Å². The smallest absolute Gasteiger partial charge is 0.304 e. The van der Waals surface area contributed by atoms with Crippen molar-refractivity contribution in [3.8, 4) is 0 Å². The van der Waals surface area contributed by atoms with Crippen molar-refractivity contribution < 1.29 is 14.3 Å². The van der Waals surface area contributed by atoms with Crippen LogP contribution < -0.4 is 0 Å². The van der Waals surface area contributed by atoms with E-state index in [1.807, 2.05) is 0 Å². The molecule has 2 rings (SSSR count). The predicted octanol–water partition coefficient (Wildman–Crippen LogP) is 2.88. The highest BCUT2D eigenvalue weighted by molar-refractivity contribution is 5.65. The maximum Gasteiger partial charge on any atom is 0.304 e. The monoisotopic (exact) mass is 226 g/mol. The average Bonchev–Trinajstić information content (AvgIpc) is 2.28. The average molecular weight is 226 g/mol. The van der Waals surface area contributed by atoms with Crippen LogP contribution in [0.15, 0.2) is 0 Å². The molecule has 3 heteroatoms. The van der Waals surface area contributed by atoms with Gasteiger partial charge in [-0.2, -0.15) is 0 Å².